The summed E-state index contributed by atoms with van der Waals surface area (Å²) in [5, 5.41) is 12.8. The highest BCUT2D eigenvalue weighted by atomic mass is 35.5. The molecule has 0 unspecified atom stereocenters. The Labute approximate surface area is 132 Å². The third-order valence-electron chi connectivity index (χ3n) is 2.78. The van der Waals surface area contributed by atoms with E-state index in [4.69, 9.17) is 38.9 Å². The molecule has 1 aromatic carbocycles. The molecule has 0 aliphatic heterocycles. The monoisotopic (exact) mass is 325 g/mol. The topological polar surface area (TPSA) is 80.7 Å². The molecule has 5 nitrogen and oxygen atoms in total. The normalized spacial score (nSPS) is 11.5. The van der Waals surface area contributed by atoms with Crippen molar-refractivity contribution in [1.29, 1.82) is 0 Å². The van der Waals surface area contributed by atoms with Crippen molar-refractivity contribution in [2.45, 2.75) is 13.8 Å². The van der Waals surface area contributed by atoms with Crippen LogP contribution in [0.15, 0.2) is 29.4 Å². The Morgan fingerprint density at radius 1 is 1.29 bits per heavy atom. The highest BCUT2D eigenvalue weighted by molar-refractivity contribution is 6.34. The second kappa shape index (κ2) is 6.20. The highest BCUT2D eigenvalue weighted by Gasteiger charge is 2.16. The van der Waals surface area contributed by atoms with E-state index in [1.54, 1.807) is 24.3 Å². The lowest BCUT2D eigenvalue weighted by molar-refractivity contribution is 0.318. The molecule has 7 heteroatoms. The van der Waals surface area contributed by atoms with Crippen LogP contribution in [-0.4, -0.2) is 16.0 Å². The standard InChI is InChI=1S/C14H13Cl2N3O2/c1-7-5-8(2)18-14(12(7)13(17)19-20)21-11-6-9(15)3-4-10(11)16/h3-6,20H,1-2H3,(H2,17,19). The molecule has 1 aromatic heterocycles. The van der Waals surface area contributed by atoms with Crippen molar-refractivity contribution >= 4 is 29.0 Å². The fourth-order valence-electron chi connectivity index (χ4n) is 1.90. The summed E-state index contributed by atoms with van der Waals surface area (Å²) in [6, 6.07) is 6.64. The maximum absolute atomic E-state index is 8.90. The van der Waals surface area contributed by atoms with Crippen molar-refractivity contribution in [2.24, 2.45) is 10.9 Å². The number of oxime groups is 1. The predicted molar refractivity (Wildman–Crippen MR) is 82.8 cm³/mol. The molecule has 0 fully saturated rings. The van der Waals surface area contributed by atoms with Crippen LogP contribution in [0.25, 0.3) is 0 Å². The minimum atomic E-state index is -0.0897. The van der Waals surface area contributed by atoms with Gasteiger partial charge < -0.3 is 15.7 Å². The lowest BCUT2D eigenvalue weighted by atomic mass is 10.1. The number of amidine groups is 1. The number of aromatic nitrogens is 1. The van der Waals surface area contributed by atoms with Crippen LogP contribution in [0.2, 0.25) is 10.0 Å². The van der Waals surface area contributed by atoms with Crippen molar-refractivity contribution in [3.05, 3.63) is 51.1 Å². The number of rotatable bonds is 3. The Hall–Kier alpha value is -1.98. The second-order valence-corrected chi connectivity index (χ2v) is 5.27. The van der Waals surface area contributed by atoms with Crippen molar-refractivity contribution in [3.63, 3.8) is 0 Å². The van der Waals surface area contributed by atoms with Crippen molar-refractivity contribution in [1.82, 2.24) is 4.98 Å². The second-order valence-electron chi connectivity index (χ2n) is 4.42. The molecule has 0 spiro atoms. The largest absolute Gasteiger partial charge is 0.437 e. The fraction of sp³-hybridized carbons (Fsp3) is 0.143. The fourth-order valence-corrected chi connectivity index (χ4v) is 2.22. The number of aryl methyl sites for hydroxylation is 2. The summed E-state index contributed by atoms with van der Waals surface area (Å²) >= 11 is 12.0. The van der Waals surface area contributed by atoms with Gasteiger partial charge in [-0.3, -0.25) is 0 Å². The Morgan fingerprint density at radius 3 is 2.67 bits per heavy atom. The van der Waals surface area contributed by atoms with Crippen molar-refractivity contribution in [3.8, 4) is 11.6 Å². The smallest absolute Gasteiger partial charge is 0.230 e. The average Bonchev–Trinajstić information content (AvgIpc) is 2.41. The van der Waals surface area contributed by atoms with Gasteiger partial charge in [-0.2, -0.15) is 0 Å². The van der Waals surface area contributed by atoms with Gasteiger partial charge >= 0.3 is 0 Å². The number of pyridine rings is 1. The zero-order chi connectivity index (χ0) is 15.6. The molecule has 2 rings (SSSR count). The lowest BCUT2D eigenvalue weighted by Crippen LogP contribution is -2.17. The van der Waals surface area contributed by atoms with Crippen LogP contribution < -0.4 is 10.5 Å². The summed E-state index contributed by atoms with van der Waals surface area (Å²) in [4.78, 5) is 4.27. The number of halogens is 2. The Morgan fingerprint density at radius 2 is 2.00 bits per heavy atom. The molecule has 110 valence electrons. The van der Waals surface area contributed by atoms with E-state index >= 15 is 0 Å². The summed E-state index contributed by atoms with van der Waals surface area (Å²) in [5.74, 6) is 0.453. The van der Waals surface area contributed by atoms with Crippen LogP contribution in [0.3, 0.4) is 0 Å². The van der Waals surface area contributed by atoms with E-state index in [1.165, 1.54) is 0 Å². The van der Waals surface area contributed by atoms with Gasteiger partial charge in [-0.25, -0.2) is 4.98 Å². The first-order valence-electron chi connectivity index (χ1n) is 6.01. The molecule has 21 heavy (non-hydrogen) atoms. The molecule has 1 heterocycles. The van der Waals surface area contributed by atoms with Crippen LogP contribution in [0.1, 0.15) is 16.8 Å². The van der Waals surface area contributed by atoms with Gasteiger partial charge in [-0.15, -0.1) is 0 Å². The molecule has 0 saturated carbocycles. The van der Waals surface area contributed by atoms with E-state index in [0.29, 0.717) is 21.4 Å². The molecule has 0 aliphatic carbocycles. The highest BCUT2D eigenvalue weighted by Crippen LogP contribution is 2.33. The van der Waals surface area contributed by atoms with Gasteiger partial charge in [0, 0.05) is 16.8 Å². The van der Waals surface area contributed by atoms with Crippen molar-refractivity contribution in [2.75, 3.05) is 0 Å². The molecule has 0 saturated heterocycles. The first-order chi connectivity index (χ1) is 9.92. The summed E-state index contributed by atoms with van der Waals surface area (Å²) in [5.41, 5.74) is 7.59. The minimum Gasteiger partial charge on any atom is -0.437 e. The van der Waals surface area contributed by atoms with Gasteiger partial charge in [0.05, 0.1) is 10.6 Å². The maximum atomic E-state index is 8.90. The number of hydrogen-bond acceptors (Lipinski definition) is 4. The summed E-state index contributed by atoms with van der Waals surface area (Å²) in [6.07, 6.45) is 0. The number of ether oxygens (including phenoxy) is 1. The van der Waals surface area contributed by atoms with E-state index in [1.807, 2.05) is 13.8 Å². The first-order valence-corrected chi connectivity index (χ1v) is 6.77. The molecule has 2 aromatic rings. The van der Waals surface area contributed by atoms with Crippen LogP contribution in [0, 0.1) is 13.8 Å². The number of hydrogen-bond donors (Lipinski definition) is 2. The van der Waals surface area contributed by atoms with E-state index < -0.39 is 0 Å². The summed E-state index contributed by atoms with van der Waals surface area (Å²) in [7, 11) is 0. The molecular weight excluding hydrogens is 313 g/mol. The number of nitrogens with zero attached hydrogens (tertiary/aromatic N) is 2. The third kappa shape index (κ3) is 3.37. The third-order valence-corrected chi connectivity index (χ3v) is 3.32. The molecule has 0 aliphatic rings. The lowest BCUT2D eigenvalue weighted by Gasteiger charge is -2.13. The Bertz CT molecular complexity index is 718. The molecular formula is C14H13Cl2N3O2. The number of nitrogens with two attached hydrogens (primary N) is 1. The summed E-state index contributed by atoms with van der Waals surface area (Å²) in [6.45, 7) is 3.63. The van der Waals surface area contributed by atoms with Crippen LogP contribution in [0.4, 0.5) is 0 Å². The maximum Gasteiger partial charge on any atom is 0.230 e. The Kier molecular flexibility index (Phi) is 4.55. The predicted octanol–water partition coefficient (Wildman–Crippen LogP) is 3.89. The van der Waals surface area contributed by atoms with Crippen LogP contribution >= 0.6 is 23.2 Å². The van der Waals surface area contributed by atoms with E-state index in [0.717, 1.165) is 11.3 Å². The van der Waals surface area contributed by atoms with Gasteiger partial charge in [0.1, 0.15) is 5.75 Å². The minimum absolute atomic E-state index is 0.0897. The van der Waals surface area contributed by atoms with Crippen LogP contribution in [-0.2, 0) is 0 Å². The molecule has 0 amide bonds. The van der Waals surface area contributed by atoms with Crippen molar-refractivity contribution < 1.29 is 9.94 Å². The molecule has 0 atom stereocenters. The van der Waals surface area contributed by atoms with Crippen LogP contribution in [0.5, 0.6) is 11.6 Å². The van der Waals surface area contributed by atoms with Gasteiger partial charge in [0.15, 0.2) is 5.84 Å². The van der Waals surface area contributed by atoms with E-state index in [9.17, 15) is 0 Å². The van der Waals surface area contributed by atoms with Gasteiger partial charge in [0.25, 0.3) is 0 Å². The number of benzene rings is 1. The molecule has 3 N–H and O–H groups in total. The Balaban J connectivity index is 2.55. The van der Waals surface area contributed by atoms with Gasteiger partial charge in [0.2, 0.25) is 5.88 Å². The first kappa shape index (κ1) is 15.4. The zero-order valence-electron chi connectivity index (χ0n) is 11.4. The van der Waals surface area contributed by atoms with E-state index in [-0.39, 0.29) is 11.7 Å². The quantitative estimate of drug-likeness (QED) is 0.388. The SMILES string of the molecule is Cc1cc(C)c(C(N)=NO)c(Oc2cc(Cl)ccc2Cl)n1. The van der Waals surface area contributed by atoms with Gasteiger partial charge in [-0.1, -0.05) is 28.4 Å². The molecule has 0 radical (unpaired) electrons. The van der Waals surface area contributed by atoms with E-state index in [2.05, 4.69) is 10.1 Å². The zero-order valence-corrected chi connectivity index (χ0v) is 12.9. The summed E-state index contributed by atoms with van der Waals surface area (Å²) < 4.78 is 5.71. The molecule has 0 bridgehead atoms. The van der Waals surface area contributed by atoms with Gasteiger partial charge in [-0.05, 0) is 37.6 Å². The average molecular weight is 326 g/mol.